The SMILES string of the molecule is C=C(C)OCOC(=O)CCCCCCC(C)(C)C. The summed E-state index contributed by atoms with van der Waals surface area (Å²) < 4.78 is 9.85. The molecular weight excluding hydrogens is 228 g/mol. The summed E-state index contributed by atoms with van der Waals surface area (Å²) in [6.07, 6.45) is 6.13. The van der Waals surface area contributed by atoms with Gasteiger partial charge in [-0.3, -0.25) is 4.79 Å². The van der Waals surface area contributed by atoms with Crippen LogP contribution in [0.5, 0.6) is 0 Å². The van der Waals surface area contributed by atoms with E-state index < -0.39 is 0 Å². The number of rotatable bonds is 9. The van der Waals surface area contributed by atoms with Crippen molar-refractivity contribution in [3.63, 3.8) is 0 Å². The first-order chi connectivity index (χ1) is 8.31. The van der Waals surface area contributed by atoms with Crippen molar-refractivity contribution in [2.45, 2.75) is 66.2 Å². The van der Waals surface area contributed by atoms with Gasteiger partial charge in [0.1, 0.15) is 0 Å². The highest BCUT2D eigenvalue weighted by molar-refractivity contribution is 5.69. The van der Waals surface area contributed by atoms with Crippen LogP contribution in [0.25, 0.3) is 0 Å². The average molecular weight is 256 g/mol. The zero-order valence-electron chi connectivity index (χ0n) is 12.4. The molecule has 0 bridgehead atoms. The van der Waals surface area contributed by atoms with E-state index in [0.29, 0.717) is 17.6 Å². The molecule has 18 heavy (non-hydrogen) atoms. The van der Waals surface area contributed by atoms with Crippen molar-refractivity contribution < 1.29 is 14.3 Å². The molecule has 0 radical (unpaired) electrons. The fourth-order valence-corrected chi connectivity index (χ4v) is 1.55. The third kappa shape index (κ3) is 13.1. The van der Waals surface area contributed by atoms with Crippen LogP contribution >= 0.6 is 0 Å². The first-order valence-corrected chi connectivity index (χ1v) is 6.75. The molecule has 0 aromatic carbocycles. The summed E-state index contributed by atoms with van der Waals surface area (Å²) >= 11 is 0. The van der Waals surface area contributed by atoms with Crippen molar-refractivity contribution in [3.8, 4) is 0 Å². The molecule has 0 N–H and O–H groups in total. The first kappa shape index (κ1) is 17.0. The fraction of sp³-hybridized carbons (Fsp3) is 0.800. The van der Waals surface area contributed by atoms with Crippen molar-refractivity contribution >= 4 is 5.97 Å². The van der Waals surface area contributed by atoms with Crippen LogP contribution in [0.4, 0.5) is 0 Å². The van der Waals surface area contributed by atoms with Gasteiger partial charge in [0, 0.05) is 6.42 Å². The highest BCUT2D eigenvalue weighted by atomic mass is 16.7. The maximum absolute atomic E-state index is 11.3. The lowest BCUT2D eigenvalue weighted by Crippen LogP contribution is -2.07. The average Bonchev–Trinajstić information content (AvgIpc) is 2.21. The van der Waals surface area contributed by atoms with E-state index in [1.165, 1.54) is 19.3 Å². The molecule has 0 heterocycles. The van der Waals surface area contributed by atoms with Crippen molar-refractivity contribution in [1.82, 2.24) is 0 Å². The molecule has 0 aliphatic carbocycles. The molecular formula is C15H28O3. The van der Waals surface area contributed by atoms with Crippen molar-refractivity contribution in [3.05, 3.63) is 12.3 Å². The number of hydrogen-bond donors (Lipinski definition) is 0. The Bertz CT molecular complexity index is 251. The molecule has 0 spiro atoms. The smallest absolute Gasteiger partial charge is 0.308 e. The van der Waals surface area contributed by atoms with Crippen molar-refractivity contribution in [1.29, 1.82) is 0 Å². The van der Waals surface area contributed by atoms with Crippen molar-refractivity contribution in [2.24, 2.45) is 5.41 Å². The Labute approximate surface area is 112 Å². The molecule has 0 rings (SSSR count). The Hall–Kier alpha value is -0.990. The van der Waals surface area contributed by atoms with Gasteiger partial charge < -0.3 is 9.47 Å². The largest absolute Gasteiger partial charge is 0.463 e. The topological polar surface area (TPSA) is 35.5 Å². The van der Waals surface area contributed by atoms with Crippen LogP contribution in [-0.2, 0) is 14.3 Å². The molecule has 0 aliphatic rings. The second kappa shape index (κ2) is 9.01. The van der Waals surface area contributed by atoms with Crippen LogP contribution < -0.4 is 0 Å². The Morgan fingerprint density at radius 3 is 2.22 bits per heavy atom. The summed E-state index contributed by atoms with van der Waals surface area (Å²) in [4.78, 5) is 11.3. The van der Waals surface area contributed by atoms with Gasteiger partial charge in [-0.05, 0) is 25.2 Å². The minimum absolute atomic E-state index is 0.0157. The second-order valence-corrected chi connectivity index (χ2v) is 5.96. The third-order valence-electron chi connectivity index (χ3n) is 2.58. The Balaban J connectivity index is 3.33. The molecule has 0 aromatic heterocycles. The van der Waals surface area contributed by atoms with Crippen LogP contribution in [0.1, 0.15) is 66.2 Å². The van der Waals surface area contributed by atoms with Crippen LogP contribution in [0.3, 0.4) is 0 Å². The standard InChI is InChI=1S/C15H28O3/c1-13(2)17-12-18-14(16)10-8-6-7-9-11-15(3,4)5/h1,6-12H2,2-5H3. The van der Waals surface area contributed by atoms with Gasteiger partial charge in [0.05, 0.1) is 5.76 Å². The van der Waals surface area contributed by atoms with E-state index in [-0.39, 0.29) is 12.8 Å². The number of unbranched alkanes of at least 4 members (excludes halogenated alkanes) is 3. The summed E-state index contributed by atoms with van der Waals surface area (Å²) in [6, 6.07) is 0. The van der Waals surface area contributed by atoms with Crippen LogP contribution in [0.2, 0.25) is 0 Å². The number of esters is 1. The van der Waals surface area contributed by atoms with E-state index in [9.17, 15) is 4.79 Å². The van der Waals surface area contributed by atoms with E-state index in [2.05, 4.69) is 27.4 Å². The molecule has 0 atom stereocenters. The number of allylic oxidation sites excluding steroid dienone is 1. The van der Waals surface area contributed by atoms with Gasteiger partial charge in [0.15, 0.2) is 0 Å². The molecule has 0 aromatic rings. The summed E-state index contributed by atoms with van der Waals surface area (Å²) in [5.74, 6) is 0.372. The van der Waals surface area contributed by atoms with Gasteiger partial charge >= 0.3 is 5.97 Å². The number of carbonyl (C=O) groups excluding carboxylic acids is 1. The lowest BCUT2D eigenvalue weighted by atomic mass is 9.89. The van der Waals surface area contributed by atoms with E-state index in [0.717, 1.165) is 12.8 Å². The third-order valence-corrected chi connectivity index (χ3v) is 2.58. The monoisotopic (exact) mass is 256 g/mol. The number of hydrogen-bond acceptors (Lipinski definition) is 3. The van der Waals surface area contributed by atoms with Gasteiger partial charge in [-0.2, -0.15) is 0 Å². The highest BCUT2D eigenvalue weighted by Crippen LogP contribution is 2.22. The van der Waals surface area contributed by atoms with Gasteiger partial charge in [0.2, 0.25) is 6.79 Å². The summed E-state index contributed by atoms with van der Waals surface area (Å²) in [6.45, 7) is 12.0. The van der Waals surface area contributed by atoms with E-state index in [1.54, 1.807) is 6.92 Å². The maximum atomic E-state index is 11.3. The Morgan fingerprint density at radius 1 is 1.06 bits per heavy atom. The molecule has 0 fully saturated rings. The van der Waals surface area contributed by atoms with E-state index in [4.69, 9.17) is 9.47 Å². The second-order valence-electron chi connectivity index (χ2n) is 5.96. The van der Waals surface area contributed by atoms with E-state index in [1.807, 2.05) is 0 Å². The van der Waals surface area contributed by atoms with Crippen molar-refractivity contribution in [2.75, 3.05) is 6.79 Å². The lowest BCUT2D eigenvalue weighted by molar-refractivity contribution is -0.153. The molecule has 0 unspecified atom stereocenters. The minimum atomic E-state index is -0.188. The summed E-state index contributed by atoms with van der Waals surface area (Å²) in [5, 5.41) is 0. The fourth-order valence-electron chi connectivity index (χ4n) is 1.55. The van der Waals surface area contributed by atoms with Gasteiger partial charge in [-0.1, -0.05) is 46.6 Å². The van der Waals surface area contributed by atoms with Crippen LogP contribution in [-0.4, -0.2) is 12.8 Å². The van der Waals surface area contributed by atoms with E-state index >= 15 is 0 Å². The van der Waals surface area contributed by atoms with Crippen LogP contribution in [0.15, 0.2) is 12.3 Å². The highest BCUT2D eigenvalue weighted by Gasteiger charge is 2.09. The molecule has 0 saturated carbocycles. The molecule has 106 valence electrons. The quantitative estimate of drug-likeness (QED) is 0.265. The predicted molar refractivity (Wildman–Crippen MR) is 74.0 cm³/mol. The first-order valence-electron chi connectivity index (χ1n) is 6.75. The Morgan fingerprint density at radius 2 is 1.67 bits per heavy atom. The minimum Gasteiger partial charge on any atom is -0.463 e. The zero-order valence-corrected chi connectivity index (χ0v) is 12.4. The summed E-state index contributed by atoms with van der Waals surface area (Å²) in [5.41, 5.74) is 0.415. The molecule has 3 heteroatoms. The lowest BCUT2D eigenvalue weighted by Gasteiger charge is -2.17. The molecule has 0 saturated heterocycles. The molecule has 3 nitrogen and oxygen atoms in total. The van der Waals surface area contributed by atoms with Crippen LogP contribution in [0, 0.1) is 5.41 Å². The van der Waals surface area contributed by atoms with Gasteiger partial charge in [-0.15, -0.1) is 0 Å². The summed E-state index contributed by atoms with van der Waals surface area (Å²) in [7, 11) is 0. The number of carbonyl (C=O) groups is 1. The molecule has 0 amide bonds. The molecule has 0 aliphatic heterocycles. The normalized spacial score (nSPS) is 11.1. The number of ether oxygens (including phenoxy) is 2. The van der Waals surface area contributed by atoms with Gasteiger partial charge in [-0.25, -0.2) is 0 Å². The Kier molecular flexibility index (Phi) is 8.51. The van der Waals surface area contributed by atoms with Gasteiger partial charge in [0.25, 0.3) is 0 Å². The zero-order chi connectivity index (χ0) is 14.0. The maximum Gasteiger partial charge on any atom is 0.308 e. The predicted octanol–water partition coefficient (Wildman–Crippen LogP) is 4.42.